The third-order valence-corrected chi connectivity index (χ3v) is 4.35. The van der Waals surface area contributed by atoms with Crippen molar-refractivity contribution in [2.24, 2.45) is 0 Å². The first-order chi connectivity index (χ1) is 14.2. The van der Waals surface area contributed by atoms with Gasteiger partial charge in [0.05, 0.1) is 0 Å². The summed E-state index contributed by atoms with van der Waals surface area (Å²) in [5.74, 6) is -0.387. The number of aromatic nitrogens is 4. The highest BCUT2D eigenvalue weighted by Gasteiger charge is 2.12. The van der Waals surface area contributed by atoms with E-state index in [1.165, 1.54) is 16.9 Å². The molecule has 1 N–H and O–H groups in total. The summed E-state index contributed by atoms with van der Waals surface area (Å²) in [5, 5.41) is 14.9. The van der Waals surface area contributed by atoms with Gasteiger partial charge in [0.25, 0.3) is 0 Å². The molecule has 0 bridgehead atoms. The van der Waals surface area contributed by atoms with Gasteiger partial charge in [0.15, 0.2) is 0 Å². The van der Waals surface area contributed by atoms with Gasteiger partial charge in [-0.25, -0.2) is 4.39 Å². The number of anilines is 1. The maximum Gasteiger partial charge on any atom is 0.248 e. The molecule has 0 aliphatic heterocycles. The molecule has 1 aromatic heterocycles. The highest BCUT2D eigenvalue weighted by atomic mass is 19.1. The average Bonchev–Trinajstić information content (AvgIpc) is 3.19. The fourth-order valence-electron chi connectivity index (χ4n) is 2.98. The second-order valence-electron chi connectivity index (χ2n) is 6.52. The van der Waals surface area contributed by atoms with Gasteiger partial charge in [-0.15, -0.1) is 10.2 Å². The summed E-state index contributed by atoms with van der Waals surface area (Å²) in [4.78, 5) is 13.7. The van der Waals surface area contributed by atoms with Gasteiger partial charge in [-0.05, 0) is 41.0 Å². The van der Waals surface area contributed by atoms with Crippen molar-refractivity contribution in [2.45, 2.75) is 13.0 Å². The van der Waals surface area contributed by atoms with Crippen LogP contribution >= 0.6 is 0 Å². The number of para-hydroxylation sites is 1. The SMILES string of the molecule is O=C(Cn1nnc(-c2cccc(F)c2)n1)Nc1ccccc1Cc1ccccc1. The van der Waals surface area contributed by atoms with E-state index in [-0.39, 0.29) is 24.1 Å². The molecule has 6 nitrogen and oxygen atoms in total. The molecule has 0 unspecified atom stereocenters. The molecule has 3 aromatic carbocycles. The van der Waals surface area contributed by atoms with Crippen LogP contribution in [-0.2, 0) is 17.8 Å². The molecule has 0 aliphatic rings. The standard InChI is InChI=1S/C22H18FN5O/c23-19-11-6-10-18(14-19)22-25-27-28(26-22)15-21(29)24-20-12-5-4-9-17(20)13-16-7-2-1-3-8-16/h1-12,14H,13,15H2,(H,24,29). The zero-order valence-electron chi connectivity index (χ0n) is 15.5. The topological polar surface area (TPSA) is 72.7 Å². The second-order valence-corrected chi connectivity index (χ2v) is 6.52. The smallest absolute Gasteiger partial charge is 0.248 e. The molecule has 4 aromatic rings. The molecule has 29 heavy (non-hydrogen) atoms. The number of nitrogens with zero attached hydrogens (tertiary/aromatic N) is 4. The van der Waals surface area contributed by atoms with E-state index in [2.05, 4.69) is 20.7 Å². The van der Waals surface area contributed by atoms with E-state index < -0.39 is 0 Å². The minimum Gasteiger partial charge on any atom is -0.324 e. The molecular formula is C22H18FN5O. The lowest BCUT2D eigenvalue weighted by Gasteiger charge is -2.11. The molecule has 0 saturated carbocycles. The summed E-state index contributed by atoms with van der Waals surface area (Å²) in [6, 6.07) is 23.6. The van der Waals surface area contributed by atoms with Crippen LogP contribution in [0.25, 0.3) is 11.4 Å². The molecule has 0 saturated heterocycles. The Morgan fingerprint density at radius 1 is 0.966 bits per heavy atom. The quantitative estimate of drug-likeness (QED) is 0.547. The van der Waals surface area contributed by atoms with Crippen LogP contribution in [0.2, 0.25) is 0 Å². The lowest BCUT2D eigenvalue weighted by Crippen LogP contribution is -2.21. The monoisotopic (exact) mass is 387 g/mol. The van der Waals surface area contributed by atoms with Gasteiger partial charge in [0.2, 0.25) is 11.7 Å². The van der Waals surface area contributed by atoms with Crippen molar-refractivity contribution in [3.8, 4) is 11.4 Å². The van der Waals surface area contributed by atoms with Crippen LogP contribution in [0.5, 0.6) is 0 Å². The summed E-state index contributed by atoms with van der Waals surface area (Å²) in [6.45, 7) is -0.0953. The Balaban J connectivity index is 1.44. The minimum absolute atomic E-state index is 0.0953. The molecule has 7 heteroatoms. The van der Waals surface area contributed by atoms with Crippen LogP contribution in [0.1, 0.15) is 11.1 Å². The fourth-order valence-corrected chi connectivity index (χ4v) is 2.98. The van der Waals surface area contributed by atoms with E-state index in [4.69, 9.17) is 0 Å². The van der Waals surface area contributed by atoms with Gasteiger partial charge in [-0.1, -0.05) is 60.7 Å². The first-order valence-electron chi connectivity index (χ1n) is 9.13. The molecule has 0 fully saturated rings. The van der Waals surface area contributed by atoms with Crippen molar-refractivity contribution in [1.29, 1.82) is 0 Å². The molecule has 1 amide bonds. The van der Waals surface area contributed by atoms with E-state index in [0.717, 1.165) is 16.8 Å². The first-order valence-corrected chi connectivity index (χ1v) is 9.13. The summed E-state index contributed by atoms with van der Waals surface area (Å²) < 4.78 is 13.4. The van der Waals surface area contributed by atoms with E-state index in [1.54, 1.807) is 12.1 Å². The summed E-state index contributed by atoms with van der Waals surface area (Å²) in [6.07, 6.45) is 0.711. The summed E-state index contributed by atoms with van der Waals surface area (Å²) in [5.41, 5.74) is 3.42. The first kappa shape index (κ1) is 18.5. The number of carbonyl (C=O) groups is 1. The minimum atomic E-state index is -0.383. The molecular weight excluding hydrogens is 369 g/mol. The van der Waals surface area contributed by atoms with Gasteiger partial charge < -0.3 is 5.32 Å². The van der Waals surface area contributed by atoms with Crippen molar-refractivity contribution in [3.05, 3.63) is 95.8 Å². The summed E-state index contributed by atoms with van der Waals surface area (Å²) >= 11 is 0. The number of hydrogen-bond acceptors (Lipinski definition) is 4. The Labute approximate surface area is 167 Å². The zero-order valence-corrected chi connectivity index (χ0v) is 15.5. The number of halogens is 1. The zero-order chi connectivity index (χ0) is 20.1. The van der Waals surface area contributed by atoms with Crippen LogP contribution in [0, 0.1) is 5.82 Å². The van der Waals surface area contributed by atoms with Crippen LogP contribution in [0.3, 0.4) is 0 Å². The van der Waals surface area contributed by atoms with E-state index in [0.29, 0.717) is 12.0 Å². The molecule has 0 aliphatic carbocycles. The van der Waals surface area contributed by atoms with Crippen LogP contribution in [0.15, 0.2) is 78.9 Å². The maximum atomic E-state index is 13.4. The predicted molar refractivity (Wildman–Crippen MR) is 108 cm³/mol. The van der Waals surface area contributed by atoms with E-state index in [1.807, 2.05) is 54.6 Å². The van der Waals surface area contributed by atoms with Crippen molar-refractivity contribution >= 4 is 11.6 Å². The lowest BCUT2D eigenvalue weighted by atomic mass is 10.0. The number of nitrogens with one attached hydrogen (secondary N) is 1. The summed E-state index contributed by atoms with van der Waals surface area (Å²) in [7, 11) is 0. The largest absolute Gasteiger partial charge is 0.324 e. The fraction of sp³-hybridized carbons (Fsp3) is 0.0909. The van der Waals surface area contributed by atoms with Crippen molar-refractivity contribution in [3.63, 3.8) is 0 Å². The highest BCUT2D eigenvalue weighted by molar-refractivity contribution is 5.91. The van der Waals surface area contributed by atoms with Gasteiger partial charge in [-0.2, -0.15) is 4.80 Å². The Morgan fingerprint density at radius 2 is 1.76 bits per heavy atom. The van der Waals surface area contributed by atoms with Crippen LogP contribution in [0.4, 0.5) is 10.1 Å². The lowest BCUT2D eigenvalue weighted by molar-refractivity contribution is -0.117. The van der Waals surface area contributed by atoms with E-state index in [9.17, 15) is 9.18 Å². The van der Waals surface area contributed by atoms with Gasteiger partial charge in [0, 0.05) is 11.3 Å². The molecule has 0 radical (unpaired) electrons. The van der Waals surface area contributed by atoms with Crippen LogP contribution in [-0.4, -0.2) is 26.1 Å². The van der Waals surface area contributed by atoms with Gasteiger partial charge in [-0.3, -0.25) is 4.79 Å². The number of hydrogen-bond donors (Lipinski definition) is 1. The molecule has 0 spiro atoms. The van der Waals surface area contributed by atoms with Crippen molar-refractivity contribution in [2.75, 3.05) is 5.32 Å². The van der Waals surface area contributed by atoms with Crippen molar-refractivity contribution < 1.29 is 9.18 Å². The second kappa shape index (κ2) is 8.43. The highest BCUT2D eigenvalue weighted by Crippen LogP contribution is 2.19. The molecule has 4 rings (SSSR count). The van der Waals surface area contributed by atoms with Crippen molar-refractivity contribution in [1.82, 2.24) is 20.2 Å². The number of carbonyl (C=O) groups excluding carboxylic acids is 1. The van der Waals surface area contributed by atoms with Gasteiger partial charge in [0.1, 0.15) is 12.4 Å². The van der Waals surface area contributed by atoms with Gasteiger partial charge >= 0.3 is 0 Å². The average molecular weight is 387 g/mol. The Morgan fingerprint density at radius 3 is 2.59 bits per heavy atom. The third-order valence-electron chi connectivity index (χ3n) is 4.35. The number of amides is 1. The molecule has 0 atom stereocenters. The predicted octanol–water partition coefficient (Wildman–Crippen LogP) is 3.71. The number of rotatable bonds is 6. The normalized spacial score (nSPS) is 10.7. The molecule has 1 heterocycles. The third kappa shape index (κ3) is 4.70. The molecule has 144 valence electrons. The number of benzene rings is 3. The Bertz CT molecular complexity index is 1130. The Kier molecular flexibility index (Phi) is 5.38. The number of tetrazole rings is 1. The van der Waals surface area contributed by atoms with E-state index >= 15 is 0 Å². The maximum absolute atomic E-state index is 13.4. The Hall–Kier alpha value is -3.87. The van der Waals surface area contributed by atoms with Crippen LogP contribution < -0.4 is 5.32 Å².